The summed E-state index contributed by atoms with van der Waals surface area (Å²) in [5, 5.41) is 5.35. The fourth-order valence-corrected chi connectivity index (χ4v) is 3.62. The number of amides is 2. The van der Waals surface area contributed by atoms with Gasteiger partial charge in [-0.2, -0.15) is 13.2 Å². The molecule has 2 aromatic carbocycles. The molecule has 0 unspecified atom stereocenters. The molecule has 8 heteroatoms. The Morgan fingerprint density at radius 1 is 1.11 bits per heavy atom. The van der Waals surface area contributed by atoms with Crippen LogP contribution in [0.15, 0.2) is 42.5 Å². The van der Waals surface area contributed by atoms with E-state index in [2.05, 4.69) is 15.6 Å². The highest BCUT2D eigenvalue weighted by Crippen LogP contribution is 2.31. The molecule has 0 aliphatic heterocycles. The molecule has 0 radical (unpaired) electrons. The second-order valence-corrected chi connectivity index (χ2v) is 6.79. The number of benzene rings is 2. The van der Waals surface area contributed by atoms with Crippen LogP contribution in [0.1, 0.15) is 23.4 Å². The summed E-state index contributed by atoms with van der Waals surface area (Å²) >= 11 is 0. The maximum atomic E-state index is 13.3. The Balaban J connectivity index is 1.42. The van der Waals surface area contributed by atoms with Gasteiger partial charge in [0.15, 0.2) is 0 Å². The molecule has 1 aromatic heterocycles. The molecule has 0 saturated carbocycles. The van der Waals surface area contributed by atoms with Crippen molar-refractivity contribution in [2.45, 2.75) is 32.0 Å². The molecule has 1 aliphatic rings. The summed E-state index contributed by atoms with van der Waals surface area (Å²) in [7, 11) is 0. The lowest BCUT2D eigenvalue weighted by Crippen LogP contribution is -2.32. The van der Waals surface area contributed by atoms with Gasteiger partial charge in [0, 0.05) is 18.8 Å². The summed E-state index contributed by atoms with van der Waals surface area (Å²) < 4.78 is 40.9. The molecule has 0 atom stereocenters. The molecule has 0 bridgehead atoms. The highest BCUT2D eigenvalue weighted by atomic mass is 19.4. The standard InChI is InChI=1S/C20H19F3N4O/c21-20(22,23)18-26-16-6-1-2-7-17(16)27(18)11-10-24-19(28)25-15-9-8-13-4-3-5-14(13)12-15/h1-2,6-9,12H,3-5,10-11H2,(H2,24,25,28). The van der Waals surface area contributed by atoms with Crippen LogP contribution < -0.4 is 10.6 Å². The van der Waals surface area contributed by atoms with E-state index in [1.165, 1.54) is 17.2 Å². The fraction of sp³-hybridized carbons (Fsp3) is 0.300. The topological polar surface area (TPSA) is 59.0 Å². The van der Waals surface area contributed by atoms with Crippen molar-refractivity contribution in [3.8, 4) is 0 Å². The summed E-state index contributed by atoms with van der Waals surface area (Å²) in [6.07, 6.45) is -1.39. The average molecular weight is 388 g/mol. The third kappa shape index (κ3) is 3.67. The van der Waals surface area contributed by atoms with Gasteiger partial charge in [0.1, 0.15) is 0 Å². The highest BCUT2D eigenvalue weighted by molar-refractivity contribution is 5.89. The van der Waals surface area contributed by atoms with Crippen LogP contribution in [-0.4, -0.2) is 22.1 Å². The first-order valence-corrected chi connectivity index (χ1v) is 9.11. The Bertz CT molecular complexity index is 1030. The van der Waals surface area contributed by atoms with E-state index in [9.17, 15) is 18.0 Å². The first-order valence-electron chi connectivity index (χ1n) is 9.11. The van der Waals surface area contributed by atoms with E-state index in [0.29, 0.717) is 11.2 Å². The second-order valence-electron chi connectivity index (χ2n) is 6.79. The molecule has 5 nitrogen and oxygen atoms in total. The summed E-state index contributed by atoms with van der Waals surface area (Å²) in [4.78, 5) is 15.8. The molecule has 28 heavy (non-hydrogen) atoms. The van der Waals surface area contributed by atoms with E-state index in [1.54, 1.807) is 18.2 Å². The van der Waals surface area contributed by atoms with E-state index < -0.39 is 18.0 Å². The van der Waals surface area contributed by atoms with Crippen molar-refractivity contribution in [2.75, 3.05) is 11.9 Å². The van der Waals surface area contributed by atoms with Gasteiger partial charge in [-0.05, 0) is 54.7 Å². The average Bonchev–Trinajstić information content (AvgIpc) is 3.26. The number of rotatable bonds is 4. The predicted octanol–water partition coefficient (Wildman–Crippen LogP) is 4.37. The molecule has 146 valence electrons. The van der Waals surface area contributed by atoms with Gasteiger partial charge in [0.25, 0.3) is 0 Å². The van der Waals surface area contributed by atoms with Gasteiger partial charge in [-0.3, -0.25) is 0 Å². The number of hydrogen-bond acceptors (Lipinski definition) is 2. The summed E-state index contributed by atoms with van der Waals surface area (Å²) in [5.41, 5.74) is 3.88. The SMILES string of the molecule is O=C(NCCn1c(C(F)(F)F)nc2ccccc21)Nc1ccc2c(c1)CCC2. The Hall–Kier alpha value is -3.03. The third-order valence-corrected chi connectivity index (χ3v) is 4.89. The number of halogens is 3. The first kappa shape index (κ1) is 18.3. The van der Waals surface area contributed by atoms with Crippen molar-refractivity contribution in [3.05, 3.63) is 59.4 Å². The van der Waals surface area contributed by atoms with E-state index >= 15 is 0 Å². The van der Waals surface area contributed by atoms with Gasteiger partial charge in [-0.15, -0.1) is 0 Å². The number of urea groups is 1. The lowest BCUT2D eigenvalue weighted by Gasteiger charge is -2.13. The molecule has 0 fully saturated rings. The number of aromatic nitrogens is 2. The van der Waals surface area contributed by atoms with Gasteiger partial charge in [-0.1, -0.05) is 18.2 Å². The van der Waals surface area contributed by atoms with Crippen molar-refractivity contribution < 1.29 is 18.0 Å². The molecular formula is C20H19F3N4O. The zero-order chi connectivity index (χ0) is 19.7. The van der Waals surface area contributed by atoms with Crippen molar-refractivity contribution >= 4 is 22.8 Å². The smallest absolute Gasteiger partial charge is 0.336 e. The number of imidazole rings is 1. The third-order valence-electron chi connectivity index (χ3n) is 4.89. The van der Waals surface area contributed by atoms with Crippen LogP contribution in [-0.2, 0) is 25.6 Å². The quantitative estimate of drug-likeness (QED) is 0.698. The van der Waals surface area contributed by atoms with Gasteiger partial charge in [-0.25, -0.2) is 9.78 Å². The van der Waals surface area contributed by atoms with Crippen LogP contribution in [0.3, 0.4) is 0 Å². The zero-order valence-corrected chi connectivity index (χ0v) is 15.0. The number of alkyl halides is 3. The van der Waals surface area contributed by atoms with E-state index in [-0.39, 0.29) is 18.6 Å². The van der Waals surface area contributed by atoms with Crippen LogP contribution in [0.5, 0.6) is 0 Å². The summed E-state index contributed by atoms with van der Waals surface area (Å²) in [6.45, 7) is 0.00712. The lowest BCUT2D eigenvalue weighted by molar-refractivity contribution is -0.146. The van der Waals surface area contributed by atoms with Crippen LogP contribution in [0.2, 0.25) is 0 Å². The fourth-order valence-electron chi connectivity index (χ4n) is 3.62. The maximum absolute atomic E-state index is 13.3. The van der Waals surface area contributed by atoms with Crippen molar-refractivity contribution in [3.63, 3.8) is 0 Å². The molecule has 3 aromatic rings. The number of anilines is 1. The molecular weight excluding hydrogens is 369 g/mol. The number of fused-ring (bicyclic) bond motifs is 2. The minimum absolute atomic E-state index is 0.0348. The number of carbonyl (C=O) groups excluding carboxylic acids is 1. The van der Waals surface area contributed by atoms with Crippen molar-refractivity contribution in [2.24, 2.45) is 0 Å². The minimum Gasteiger partial charge on any atom is -0.336 e. The lowest BCUT2D eigenvalue weighted by atomic mass is 10.1. The molecule has 0 spiro atoms. The number of para-hydroxylation sites is 2. The molecule has 1 heterocycles. The largest absolute Gasteiger partial charge is 0.449 e. The Kier molecular flexibility index (Phi) is 4.70. The Morgan fingerprint density at radius 2 is 1.89 bits per heavy atom. The number of nitrogens with zero attached hydrogens (tertiary/aromatic N) is 2. The number of aryl methyl sites for hydroxylation is 2. The minimum atomic E-state index is -4.56. The molecule has 4 rings (SSSR count). The highest BCUT2D eigenvalue weighted by Gasteiger charge is 2.37. The Labute approximate surface area is 159 Å². The molecule has 1 aliphatic carbocycles. The van der Waals surface area contributed by atoms with E-state index in [1.807, 2.05) is 18.2 Å². The normalized spacial score (nSPS) is 13.5. The summed E-state index contributed by atoms with van der Waals surface area (Å²) in [5.74, 6) is -0.963. The summed E-state index contributed by atoms with van der Waals surface area (Å²) in [6, 6.07) is 11.8. The monoisotopic (exact) mass is 388 g/mol. The second kappa shape index (κ2) is 7.18. The molecule has 2 N–H and O–H groups in total. The zero-order valence-electron chi connectivity index (χ0n) is 15.0. The van der Waals surface area contributed by atoms with Crippen molar-refractivity contribution in [1.29, 1.82) is 0 Å². The Morgan fingerprint density at radius 3 is 2.71 bits per heavy atom. The number of carbonyl (C=O) groups is 1. The van der Waals surface area contributed by atoms with Crippen LogP contribution in [0.4, 0.5) is 23.7 Å². The van der Waals surface area contributed by atoms with Gasteiger partial charge in [0.05, 0.1) is 11.0 Å². The van der Waals surface area contributed by atoms with Gasteiger partial charge in [0.2, 0.25) is 5.82 Å². The molecule has 0 saturated heterocycles. The van der Waals surface area contributed by atoms with Crippen LogP contribution in [0.25, 0.3) is 11.0 Å². The van der Waals surface area contributed by atoms with Crippen LogP contribution in [0, 0.1) is 0 Å². The maximum Gasteiger partial charge on any atom is 0.449 e. The number of hydrogen-bond donors (Lipinski definition) is 2. The number of nitrogens with one attached hydrogen (secondary N) is 2. The predicted molar refractivity (Wildman–Crippen MR) is 100 cm³/mol. The van der Waals surface area contributed by atoms with E-state index in [4.69, 9.17) is 0 Å². The van der Waals surface area contributed by atoms with E-state index in [0.717, 1.165) is 23.8 Å². The first-order chi connectivity index (χ1) is 13.4. The van der Waals surface area contributed by atoms with Gasteiger partial charge >= 0.3 is 12.2 Å². The van der Waals surface area contributed by atoms with Gasteiger partial charge < -0.3 is 15.2 Å². The van der Waals surface area contributed by atoms with Crippen molar-refractivity contribution in [1.82, 2.24) is 14.9 Å². The van der Waals surface area contributed by atoms with Crippen LogP contribution >= 0.6 is 0 Å². The molecule has 2 amide bonds.